The van der Waals surface area contributed by atoms with Gasteiger partial charge in [-0.2, -0.15) is 13.9 Å². The molecule has 1 amide bonds. The van der Waals surface area contributed by atoms with Crippen molar-refractivity contribution in [3.63, 3.8) is 0 Å². The van der Waals surface area contributed by atoms with E-state index >= 15 is 8.78 Å². The van der Waals surface area contributed by atoms with Crippen molar-refractivity contribution in [3.8, 4) is 16.9 Å². The zero-order chi connectivity index (χ0) is 34.7. The molecule has 0 saturated carbocycles. The molecule has 0 saturated heterocycles. The third-order valence-corrected chi connectivity index (χ3v) is 8.25. The monoisotopic (exact) mass is 674 g/mol. The number of pyridine rings is 1. The molecule has 8 nitrogen and oxygen atoms in total. The predicted molar refractivity (Wildman–Crippen MR) is 171 cm³/mol. The number of carbonyl (C=O) groups is 1. The van der Waals surface area contributed by atoms with Gasteiger partial charge in [0.2, 0.25) is 5.91 Å². The zero-order valence-electron chi connectivity index (χ0n) is 26.0. The number of carbonyl (C=O) groups excluding carboxylic acids is 1. The van der Waals surface area contributed by atoms with Gasteiger partial charge < -0.3 is 15.8 Å². The molecule has 0 aliphatic heterocycles. The number of aromatic nitrogens is 3. The van der Waals surface area contributed by atoms with Gasteiger partial charge in [-0.15, -0.1) is 0 Å². The Labute approximate surface area is 278 Å². The van der Waals surface area contributed by atoms with Crippen LogP contribution in [0, 0.1) is 22.9 Å². The third-order valence-electron chi connectivity index (χ3n) is 8.25. The highest BCUT2D eigenvalue weighted by molar-refractivity contribution is 5.96. The first-order valence-corrected chi connectivity index (χ1v) is 15.5. The number of amides is 1. The van der Waals surface area contributed by atoms with E-state index in [2.05, 4.69) is 15.4 Å². The fourth-order valence-corrected chi connectivity index (χ4v) is 6.12. The SMILES string of the molecule is N=C(N)c1cc(-c2cccnc2C(Cc2cc(F)cc(F)c2)NC(=O)Cn2nc(C(F)(F)Oc3ccccc3)c3c2CCCC3)ccc1F. The summed E-state index contributed by atoms with van der Waals surface area (Å²) in [7, 11) is 0. The Morgan fingerprint density at radius 2 is 1.71 bits per heavy atom. The number of nitrogens with one attached hydrogen (secondary N) is 2. The lowest BCUT2D eigenvalue weighted by Gasteiger charge is -2.22. The van der Waals surface area contributed by atoms with Crippen LogP contribution >= 0.6 is 0 Å². The van der Waals surface area contributed by atoms with Gasteiger partial charge >= 0.3 is 6.11 Å². The Kier molecular flexibility index (Phi) is 9.43. The van der Waals surface area contributed by atoms with Crippen LogP contribution in [-0.2, 0) is 36.7 Å². The van der Waals surface area contributed by atoms with E-state index in [9.17, 15) is 18.0 Å². The van der Waals surface area contributed by atoms with Crippen molar-refractivity contribution in [2.75, 3.05) is 0 Å². The van der Waals surface area contributed by atoms with Crippen LogP contribution in [-0.4, -0.2) is 26.5 Å². The van der Waals surface area contributed by atoms with Gasteiger partial charge in [0.1, 0.15) is 35.6 Å². The second-order valence-corrected chi connectivity index (χ2v) is 11.7. The number of amidine groups is 1. The number of nitrogens with two attached hydrogens (primary N) is 1. The highest BCUT2D eigenvalue weighted by Gasteiger charge is 2.42. The van der Waals surface area contributed by atoms with E-state index in [1.165, 1.54) is 35.1 Å². The Bertz CT molecular complexity index is 2000. The number of nitrogen functional groups attached to an aromatic ring is 1. The number of ether oxygens (including phenoxy) is 1. The van der Waals surface area contributed by atoms with Crippen LogP contribution in [0.5, 0.6) is 5.75 Å². The maximum atomic E-state index is 15.5. The van der Waals surface area contributed by atoms with Gasteiger partial charge in [-0.25, -0.2) is 13.2 Å². The quantitative estimate of drug-likeness (QED) is 0.0814. The van der Waals surface area contributed by atoms with Crippen molar-refractivity contribution in [1.82, 2.24) is 20.1 Å². The normalized spacial score (nSPS) is 13.4. The molecule has 1 aliphatic carbocycles. The number of hydrogen-bond donors (Lipinski definition) is 3. The molecule has 3 aromatic carbocycles. The minimum absolute atomic E-state index is 0.0382. The van der Waals surface area contributed by atoms with E-state index in [-0.39, 0.29) is 29.0 Å². The molecule has 2 heterocycles. The van der Waals surface area contributed by atoms with Crippen molar-refractivity contribution in [2.45, 2.75) is 50.8 Å². The number of fused-ring (bicyclic) bond motifs is 1. The highest BCUT2D eigenvalue weighted by Crippen LogP contribution is 2.37. The van der Waals surface area contributed by atoms with E-state index in [0.717, 1.165) is 30.7 Å². The molecule has 5 aromatic rings. The van der Waals surface area contributed by atoms with E-state index in [4.69, 9.17) is 15.9 Å². The number of nitrogens with zero attached hydrogens (tertiary/aromatic N) is 3. The molecule has 1 aliphatic rings. The van der Waals surface area contributed by atoms with Gasteiger partial charge in [0.05, 0.1) is 17.3 Å². The summed E-state index contributed by atoms with van der Waals surface area (Å²) in [6.45, 7) is -0.440. The molecule has 13 heteroatoms. The Balaban J connectivity index is 1.34. The summed E-state index contributed by atoms with van der Waals surface area (Å²) in [5, 5.41) is 14.8. The number of alkyl halides is 2. The Morgan fingerprint density at radius 3 is 2.45 bits per heavy atom. The van der Waals surface area contributed by atoms with Crippen molar-refractivity contribution in [2.24, 2.45) is 5.73 Å². The summed E-state index contributed by atoms with van der Waals surface area (Å²) in [4.78, 5) is 18.2. The molecule has 6 rings (SSSR count). The molecule has 49 heavy (non-hydrogen) atoms. The zero-order valence-corrected chi connectivity index (χ0v) is 26.0. The second-order valence-electron chi connectivity index (χ2n) is 11.7. The number of para-hydroxylation sites is 1. The first-order valence-electron chi connectivity index (χ1n) is 15.5. The maximum Gasteiger partial charge on any atom is 0.446 e. The minimum atomic E-state index is -3.77. The topological polar surface area (TPSA) is 119 Å². The smallest absolute Gasteiger partial charge is 0.428 e. The summed E-state index contributed by atoms with van der Waals surface area (Å²) in [6, 6.07) is 16.9. The molecule has 1 atom stereocenters. The predicted octanol–water partition coefficient (Wildman–Crippen LogP) is 6.75. The lowest BCUT2D eigenvalue weighted by atomic mass is 9.94. The molecule has 0 bridgehead atoms. The van der Waals surface area contributed by atoms with E-state index in [1.807, 2.05) is 0 Å². The molecule has 2 aromatic heterocycles. The molecular weight excluding hydrogens is 643 g/mol. The minimum Gasteiger partial charge on any atom is -0.428 e. The number of rotatable bonds is 11. The van der Waals surface area contributed by atoms with Crippen molar-refractivity contribution in [3.05, 3.63) is 136 Å². The standard InChI is InChI=1S/C36H31F5N6O2/c37-23-15-21(16-24(38)19-23)17-30(33-26(10-6-14-44-33)22-12-13-29(39)28(18-22)35(42)43)45-32(48)20-47-31-11-5-4-9-27(31)34(46-47)36(40,41)49-25-7-2-1-3-8-25/h1-3,6-8,10,12-16,18-19,30H,4-5,9,11,17,20H2,(H3,42,43)(H,45,48). The Morgan fingerprint density at radius 1 is 0.980 bits per heavy atom. The molecule has 4 N–H and O–H groups in total. The van der Waals surface area contributed by atoms with Gasteiger partial charge in [0.15, 0.2) is 5.69 Å². The lowest BCUT2D eigenvalue weighted by Crippen LogP contribution is -2.34. The molecule has 0 spiro atoms. The Hall–Kier alpha value is -5.59. The molecule has 1 unspecified atom stereocenters. The summed E-state index contributed by atoms with van der Waals surface area (Å²) in [5.74, 6) is -3.50. The van der Waals surface area contributed by atoms with Crippen LogP contribution in [0.15, 0.2) is 85.1 Å². The maximum absolute atomic E-state index is 15.5. The lowest BCUT2D eigenvalue weighted by molar-refractivity contribution is -0.189. The third kappa shape index (κ3) is 7.45. The fourth-order valence-electron chi connectivity index (χ4n) is 6.12. The van der Waals surface area contributed by atoms with Crippen LogP contribution in [0.25, 0.3) is 11.1 Å². The first kappa shape index (κ1) is 33.3. The average molecular weight is 675 g/mol. The molecule has 252 valence electrons. The summed E-state index contributed by atoms with van der Waals surface area (Å²) < 4.78 is 80.2. The van der Waals surface area contributed by atoms with E-state index in [1.54, 1.807) is 30.3 Å². The van der Waals surface area contributed by atoms with Crippen LogP contribution in [0.2, 0.25) is 0 Å². The van der Waals surface area contributed by atoms with Gasteiger partial charge in [0.25, 0.3) is 0 Å². The molecule has 0 fully saturated rings. The van der Waals surface area contributed by atoms with E-state index in [0.29, 0.717) is 41.6 Å². The number of benzene rings is 3. The summed E-state index contributed by atoms with van der Waals surface area (Å²) >= 11 is 0. The number of hydrogen-bond acceptors (Lipinski definition) is 5. The van der Waals surface area contributed by atoms with Gasteiger partial charge in [0, 0.05) is 29.1 Å². The van der Waals surface area contributed by atoms with Crippen molar-refractivity contribution >= 4 is 11.7 Å². The van der Waals surface area contributed by atoms with E-state index < -0.39 is 53.6 Å². The summed E-state index contributed by atoms with van der Waals surface area (Å²) in [6.07, 6.45) is -0.271. The van der Waals surface area contributed by atoms with Crippen LogP contribution in [0.4, 0.5) is 22.0 Å². The van der Waals surface area contributed by atoms with Gasteiger partial charge in [-0.1, -0.05) is 30.3 Å². The second kappa shape index (κ2) is 13.9. The summed E-state index contributed by atoms with van der Waals surface area (Å²) in [5.41, 5.74) is 7.04. The highest BCUT2D eigenvalue weighted by atomic mass is 19.3. The van der Waals surface area contributed by atoms with Crippen LogP contribution in [0.1, 0.15) is 52.7 Å². The van der Waals surface area contributed by atoms with Crippen LogP contribution in [0.3, 0.4) is 0 Å². The van der Waals surface area contributed by atoms with Gasteiger partial charge in [-0.3, -0.25) is 19.9 Å². The van der Waals surface area contributed by atoms with Crippen molar-refractivity contribution in [1.29, 1.82) is 5.41 Å². The van der Waals surface area contributed by atoms with Gasteiger partial charge in [-0.05, 0) is 85.7 Å². The number of halogens is 5. The van der Waals surface area contributed by atoms with Crippen molar-refractivity contribution < 1.29 is 31.5 Å². The molecular formula is C36H31F5N6O2. The largest absolute Gasteiger partial charge is 0.446 e. The fraction of sp³-hybridized carbons (Fsp3) is 0.222. The molecule has 0 radical (unpaired) electrons. The first-order chi connectivity index (χ1) is 23.5. The van der Waals surface area contributed by atoms with Crippen LogP contribution < -0.4 is 15.8 Å². The average Bonchev–Trinajstić information content (AvgIpc) is 3.43.